The minimum Gasteiger partial charge on any atom is -0.508 e. The lowest BCUT2D eigenvalue weighted by Crippen LogP contribution is -1.98. The number of hydrogen-bond acceptors (Lipinski definition) is 3. The maximum absolute atomic E-state index is 11.0. The zero-order chi connectivity index (χ0) is 18.5. The molecule has 0 fully saturated rings. The molecule has 0 aliphatic heterocycles. The van der Waals surface area contributed by atoms with Crippen molar-refractivity contribution in [1.29, 1.82) is 0 Å². The van der Waals surface area contributed by atoms with Crippen molar-refractivity contribution >= 4 is 17.7 Å². The fraction of sp³-hybridized carbons (Fsp3) is 0.136. The van der Waals surface area contributed by atoms with Crippen LogP contribution >= 0.6 is 11.8 Å². The molecule has 0 bridgehead atoms. The number of rotatable bonds is 6. The fourth-order valence-corrected chi connectivity index (χ4v) is 3.96. The average molecular weight is 364 g/mol. The van der Waals surface area contributed by atoms with E-state index in [2.05, 4.69) is 19.1 Å². The number of carboxylic acids is 1. The second-order valence-electron chi connectivity index (χ2n) is 5.90. The number of carboxylic acid groups (broad SMARTS) is 1. The summed E-state index contributed by atoms with van der Waals surface area (Å²) in [5, 5.41) is 19.3. The van der Waals surface area contributed by atoms with Crippen LogP contribution < -0.4 is 0 Å². The predicted molar refractivity (Wildman–Crippen MR) is 107 cm³/mol. The molecule has 0 amide bonds. The number of aromatic hydroxyl groups is 1. The second-order valence-corrected chi connectivity index (χ2v) is 7.28. The van der Waals surface area contributed by atoms with Crippen molar-refractivity contribution in [2.24, 2.45) is 0 Å². The van der Waals surface area contributed by atoms with Crippen LogP contribution in [-0.2, 0) is 0 Å². The Morgan fingerprint density at radius 2 is 1.50 bits per heavy atom. The molecule has 0 saturated heterocycles. The summed E-state index contributed by atoms with van der Waals surface area (Å²) in [5.41, 5.74) is 4.33. The Morgan fingerprint density at radius 3 is 2.04 bits per heavy atom. The molecule has 3 nitrogen and oxygen atoms in total. The molecule has 0 spiro atoms. The van der Waals surface area contributed by atoms with Crippen LogP contribution in [-0.4, -0.2) is 21.9 Å². The van der Waals surface area contributed by atoms with E-state index in [0.29, 0.717) is 5.75 Å². The first kappa shape index (κ1) is 18.1. The molecule has 0 aliphatic rings. The van der Waals surface area contributed by atoms with Crippen molar-refractivity contribution in [3.8, 4) is 16.9 Å². The van der Waals surface area contributed by atoms with Gasteiger partial charge < -0.3 is 10.2 Å². The Hall–Kier alpha value is -2.72. The monoisotopic (exact) mass is 364 g/mol. The molecule has 0 radical (unpaired) electrons. The number of aromatic carboxylic acids is 1. The SMILES string of the molecule is CCSC(c1ccc(-c2ccc(C(=O)O)cc2)cc1)c1ccccc1O. The molecular formula is C22H20O3S. The smallest absolute Gasteiger partial charge is 0.335 e. The van der Waals surface area contributed by atoms with E-state index >= 15 is 0 Å². The summed E-state index contributed by atoms with van der Waals surface area (Å²) >= 11 is 1.78. The van der Waals surface area contributed by atoms with E-state index in [1.54, 1.807) is 30.0 Å². The van der Waals surface area contributed by atoms with Gasteiger partial charge in [0, 0.05) is 5.56 Å². The third kappa shape index (κ3) is 3.92. The highest BCUT2D eigenvalue weighted by Gasteiger charge is 2.17. The van der Waals surface area contributed by atoms with E-state index < -0.39 is 5.97 Å². The molecule has 3 rings (SSSR count). The van der Waals surface area contributed by atoms with Gasteiger partial charge >= 0.3 is 5.97 Å². The maximum Gasteiger partial charge on any atom is 0.335 e. The van der Waals surface area contributed by atoms with Gasteiger partial charge in [0.05, 0.1) is 10.8 Å². The molecule has 4 heteroatoms. The van der Waals surface area contributed by atoms with Gasteiger partial charge in [-0.05, 0) is 40.6 Å². The summed E-state index contributed by atoms with van der Waals surface area (Å²) in [6.45, 7) is 2.11. The van der Waals surface area contributed by atoms with Gasteiger partial charge in [-0.1, -0.05) is 61.5 Å². The van der Waals surface area contributed by atoms with Crippen molar-refractivity contribution in [3.63, 3.8) is 0 Å². The van der Waals surface area contributed by atoms with E-state index in [-0.39, 0.29) is 10.8 Å². The number of thioether (sulfide) groups is 1. The van der Waals surface area contributed by atoms with Crippen LogP contribution in [0.4, 0.5) is 0 Å². The highest BCUT2D eigenvalue weighted by Crippen LogP contribution is 2.40. The van der Waals surface area contributed by atoms with Crippen LogP contribution in [0, 0.1) is 0 Å². The molecular weight excluding hydrogens is 344 g/mol. The van der Waals surface area contributed by atoms with Crippen LogP contribution in [0.3, 0.4) is 0 Å². The van der Waals surface area contributed by atoms with Gasteiger partial charge in [-0.15, -0.1) is 11.8 Å². The van der Waals surface area contributed by atoms with E-state index in [9.17, 15) is 9.90 Å². The number of hydrogen-bond donors (Lipinski definition) is 2. The Balaban J connectivity index is 1.89. The minimum atomic E-state index is -0.922. The van der Waals surface area contributed by atoms with E-state index in [1.807, 2.05) is 42.5 Å². The first-order chi connectivity index (χ1) is 12.6. The largest absolute Gasteiger partial charge is 0.508 e. The van der Waals surface area contributed by atoms with Crippen LogP contribution in [0.25, 0.3) is 11.1 Å². The van der Waals surface area contributed by atoms with Crippen molar-refractivity contribution in [2.75, 3.05) is 5.75 Å². The highest BCUT2D eigenvalue weighted by molar-refractivity contribution is 7.99. The minimum absolute atomic E-state index is 0.0737. The standard InChI is InChI=1S/C22H20O3S/c1-2-26-21(19-5-3-4-6-20(19)23)17-11-7-15(8-12-17)16-9-13-18(14-10-16)22(24)25/h3-14,21,23H,2H2,1H3,(H,24,25). The molecule has 132 valence electrons. The van der Waals surface area contributed by atoms with Crippen molar-refractivity contribution in [2.45, 2.75) is 12.2 Å². The number of phenols is 1. The summed E-state index contributed by atoms with van der Waals surface area (Å²) in [6, 6.07) is 22.5. The first-order valence-corrected chi connectivity index (χ1v) is 9.48. The number of carbonyl (C=O) groups is 1. The van der Waals surface area contributed by atoms with Gasteiger partial charge in [-0.2, -0.15) is 0 Å². The van der Waals surface area contributed by atoms with Crippen LogP contribution in [0.1, 0.15) is 33.7 Å². The molecule has 2 N–H and O–H groups in total. The third-order valence-corrected chi connectivity index (χ3v) is 5.42. The molecule has 0 saturated carbocycles. The molecule has 1 atom stereocenters. The Labute approximate surface area is 157 Å². The molecule has 1 unspecified atom stereocenters. The average Bonchev–Trinajstić information content (AvgIpc) is 2.67. The lowest BCUT2D eigenvalue weighted by atomic mass is 9.99. The molecule has 3 aromatic carbocycles. The Morgan fingerprint density at radius 1 is 0.923 bits per heavy atom. The van der Waals surface area contributed by atoms with Gasteiger partial charge in [0.15, 0.2) is 0 Å². The van der Waals surface area contributed by atoms with E-state index in [4.69, 9.17) is 5.11 Å². The third-order valence-electron chi connectivity index (χ3n) is 4.23. The summed E-state index contributed by atoms with van der Waals surface area (Å²) in [6.07, 6.45) is 0. The van der Waals surface area contributed by atoms with Crippen molar-refractivity contribution < 1.29 is 15.0 Å². The summed E-state index contributed by atoms with van der Waals surface area (Å²) in [5.74, 6) is 0.331. The van der Waals surface area contributed by atoms with Crippen molar-refractivity contribution in [1.82, 2.24) is 0 Å². The van der Waals surface area contributed by atoms with Gasteiger partial charge in [-0.3, -0.25) is 0 Å². The quantitative estimate of drug-likeness (QED) is 0.598. The van der Waals surface area contributed by atoms with E-state index in [1.165, 1.54) is 0 Å². The normalized spacial score (nSPS) is 11.9. The topological polar surface area (TPSA) is 57.5 Å². The molecule has 0 aliphatic carbocycles. The van der Waals surface area contributed by atoms with Gasteiger partial charge in [0.1, 0.15) is 5.75 Å². The summed E-state index contributed by atoms with van der Waals surface area (Å²) in [7, 11) is 0. The summed E-state index contributed by atoms with van der Waals surface area (Å²) < 4.78 is 0. The molecule has 3 aromatic rings. The van der Waals surface area contributed by atoms with E-state index in [0.717, 1.165) is 28.0 Å². The predicted octanol–water partition coefficient (Wildman–Crippen LogP) is 5.60. The number of benzene rings is 3. The fourth-order valence-electron chi connectivity index (χ4n) is 2.90. The second kappa shape index (κ2) is 8.11. The molecule has 0 heterocycles. The number of phenolic OH excluding ortho intramolecular Hbond substituents is 1. The summed E-state index contributed by atoms with van der Waals surface area (Å²) in [4.78, 5) is 11.0. The highest BCUT2D eigenvalue weighted by atomic mass is 32.2. The Bertz CT molecular complexity index is 886. The molecule has 26 heavy (non-hydrogen) atoms. The first-order valence-electron chi connectivity index (χ1n) is 8.43. The number of para-hydroxylation sites is 1. The van der Waals surface area contributed by atoms with Crippen LogP contribution in [0.5, 0.6) is 5.75 Å². The zero-order valence-electron chi connectivity index (χ0n) is 14.4. The lowest BCUT2D eigenvalue weighted by Gasteiger charge is -2.18. The lowest BCUT2D eigenvalue weighted by molar-refractivity contribution is 0.0697. The van der Waals surface area contributed by atoms with Crippen LogP contribution in [0.15, 0.2) is 72.8 Å². The van der Waals surface area contributed by atoms with Crippen molar-refractivity contribution in [3.05, 3.63) is 89.5 Å². The maximum atomic E-state index is 11.0. The van der Waals surface area contributed by atoms with Crippen LogP contribution in [0.2, 0.25) is 0 Å². The van der Waals surface area contributed by atoms with Gasteiger partial charge in [0.25, 0.3) is 0 Å². The molecule has 0 aromatic heterocycles. The van der Waals surface area contributed by atoms with Gasteiger partial charge in [-0.25, -0.2) is 4.79 Å². The van der Waals surface area contributed by atoms with Gasteiger partial charge in [0.2, 0.25) is 0 Å². The zero-order valence-corrected chi connectivity index (χ0v) is 15.2. The Kier molecular flexibility index (Phi) is 5.64.